The summed E-state index contributed by atoms with van der Waals surface area (Å²) in [5, 5.41) is 28.0. The molecule has 5 heterocycles. The van der Waals surface area contributed by atoms with E-state index >= 15 is 0 Å². The minimum atomic E-state index is -1.12. The lowest BCUT2D eigenvalue weighted by Crippen LogP contribution is -2.53. The number of hydrogen-bond acceptors (Lipinski definition) is 8. The highest BCUT2D eigenvalue weighted by Gasteiger charge is 2.32. The van der Waals surface area contributed by atoms with Crippen molar-refractivity contribution < 1.29 is 19.4 Å². The van der Waals surface area contributed by atoms with E-state index in [-0.39, 0.29) is 24.6 Å². The van der Waals surface area contributed by atoms with Crippen molar-refractivity contribution in [3.63, 3.8) is 0 Å². The van der Waals surface area contributed by atoms with Crippen molar-refractivity contribution in [1.82, 2.24) is 30.2 Å². The quantitative estimate of drug-likeness (QED) is 0.286. The topological polar surface area (TPSA) is 158 Å². The van der Waals surface area contributed by atoms with Gasteiger partial charge in [-0.1, -0.05) is 6.07 Å². The van der Waals surface area contributed by atoms with Crippen molar-refractivity contribution in [1.29, 1.82) is 5.26 Å². The van der Waals surface area contributed by atoms with Crippen LogP contribution in [0.5, 0.6) is 5.75 Å². The molecule has 1 aliphatic heterocycles. The predicted molar refractivity (Wildman–Crippen MR) is 146 cm³/mol. The van der Waals surface area contributed by atoms with E-state index in [0.29, 0.717) is 22.5 Å². The van der Waals surface area contributed by atoms with Gasteiger partial charge in [-0.25, -0.2) is 14.3 Å². The number of piperidine rings is 1. The maximum Gasteiger partial charge on any atom is 0.404 e. The van der Waals surface area contributed by atoms with Gasteiger partial charge in [0.1, 0.15) is 29.9 Å². The number of carboxylic acid groups (broad SMARTS) is 1. The fourth-order valence-electron chi connectivity index (χ4n) is 4.73. The molecule has 0 aliphatic carbocycles. The number of nitrogens with zero attached hydrogens (tertiary/aromatic N) is 6. The van der Waals surface area contributed by atoms with Crippen LogP contribution in [0.3, 0.4) is 0 Å². The number of ether oxygens (including phenoxy) is 1. The fourth-order valence-corrected chi connectivity index (χ4v) is 4.73. The average molecular weight is 541 g/mol. The maximum atomic E-state index is 12.6. The number of anilines is 1. The second kappa shape index (κ2) is 11.3. The van der Waals surface area contributed by atoms with Crippen LogP contribution < -0.4 is 20.3 Å². The molecule has 2 amide bonds. The van der Waals surface area contributed by atoms with E-state index in [1.807, 2.05) is 12.1 Å². The summed E-state index contributed by atoms with van der Waals surface area (Å²) >= 11 is 0. The Morgan fingerprint density at radius 1 is 1.18 bits per heavy atom. The monoisotopic (exact) mass is 540 g/mol. The van der Waals surface area contributed by atoms with Crippen molar-refractivity contribution in [2.24, 2.45) is 0 Å². The molecule has 0 radical (unpaired) electrons. The van der Waals surface area contributed by atoms with Crippen molar-refractivity contribution in [2.75, 3.05) is 31.1 Å². The van der Waals surface area contributed by atoms with Gasteiger partial charge in [0.25, 0.3) is 5.91 Å². The number of amides is 2. The first-order valence-corrected chi connectivity index (χ1v) is 12.8. The second-order valence-corrected chi connectivity index (χ2v) is 9.75. The highest BCUT2D eigenvalue weighted by molar-refractivity contribution is 5.92. The number of rotatable bonds is 8. The van der Waals surface area contributed by atoms with E-state index in [4.69, 9.17) is 14.8 Å². The van der Waals surface area contributed by atoms with Gasteiger partial charge >= 0.3 is 6.09 Å². The Morgan fingerprint density at radius 3 is 2.67 bits per heavy atom. The molecular formula is C28H28N8O4. The Labute approximate surface area is 230 Å². The van der Waals surface area contributed by atoms with Crippen molar-refractivity contribution in [3.05, 3.63) is 72.4 Å². The number of carbonyl (C=O) groups is 2. The van der Waals surface area contributed by atoms with Crippen LogP contribution in [0.2, 0.25) is 0 Å². The summed E-state index contributed by atoms with van der Waals surface area (Å²) in [4.78, 5) is 34.3. The van der Waals surface area contributed by atoms with Crippen LogP contribution in [0.15, 0.2) is 61.2 Å². The van der Waals surface area contributed by atoms with Crippen molar-refractivity contribution in [2.45, 2.75) is 25.3 Å². The van der Waals surface area contributed by atoms with E-state index in [2.05, 4.69) is 38.6 Å². The third-order valence-electron chi connectivity index (χ3n) is 6.92. The zero-order valence-electron chi connectivity index (χ0n) is 21.9. The summed E-state index contributed by atoms with van der Waals surface area (Å²) in [7, 11) is 0. The summed E-state index contributed by atoms with van der Waals surface area (Å²) in [6, 6.07) is 13.1. The van der Waals surface area contributed by atoms with Gasteiger partial charge in [0, 0.05) is 42.1 Å². The molecule has 40 heavy (non-hydrogen) atoms. The first-order valence-electron chi connectivity index (χ1n) is 12.8. The Morgan fingerprint density at radius 2 is 2.00 bits per heavy atom. The van der Waals surface area contributed by atoms with Gasteiger partial charge in [-0.3, -0.25) is 9.78 Å². The van der Waals surface area contributed by atoms with E-state index < -0.39 is 6.09 Å². The molecule has 0 aromatic carbocycles. The van der Waals surface area contributed by atoms with Crippen LogP contribution in [0.4, 0.5) is 10.6 Å². The Kier molecular flexibility index (Phi) is 7.46. The molecule has 5 rings (SSSR count). The van der Waals surface area contributed by atoms with Gasteiger partial charge in [-0.05, 0) is 50.1 Å². The van der Waals surface area contributed by atoms with Gasteiger partial charge in [0.15, 0.2) is 0 Å². The minimum Gasteiger partial charge on any atom is -0.490 e. The van der Waals surface area contributed by atoms with Gasteiger partial charge < -0.3 is 25.4 Å². The van der Waals surface area contributed by atoms with Gasteiger partial charge in [-0.2, -0.15) is 10.4 Å². The molecule has 3 N–H and O–H groups in total. The molecule has 1 saturated heterocycles. The highest BCUT2D eigenvalue weighted by atomic mass is 16.5. The highest BCUT2D eigenvalue weighted by Crippen LogP contribution is 2.32. The number of fused-ring (bicyclic) bond motifs is 1. The molecule has 0 saturated carbocycles. The summed E-state index contributed by atoms with van der Waals surface area (Å²) < 4.78 is 7.31. The molecule has 204 valence electrons. The molecule has 0 spiro atoms. The molecule has 12 nitrogen and oxygen atoms in total. The maximum absolute atomic E-state index is 12.6. The molecule has 1 fully saturated rings. The predicted octanol–water partition coefficient (Wildman–Crippen LogP) is 3.10. The first kappa shape index (κ1) is 26.4. The minimum absolute atomic E-state index is 0.128. The van der Waals surface area contributed by atoms with Gasteiger partial charge in [0.05, 0.1) is 30.0 Å². The van der Waals surface area contributed by atoms with Gasteiger partial charge in [-0.15, -0.1) is 0 Å². The Balaban J connectivity index is 1.29. The lowest BCUT2D eigenvalue weighted by atomic mass is 9.89. The number of nitriles is 1. The molecule has 12 heteroatoms. The molecule has 1 aliphatic rings. The smallest absolute Gasteiger partial charge is 0.404 e. The molecule has 4 aromatic rings. The van der Waals surface area contributed by atoms with Crippen molar-refractivity contribution in [3.8, 4) is 22.9 Å². The van der Waals surface area contributed by atoms with Crippen LogP contribution >= 0.6 is 0 Å². The standard InChI is InChI=1S/C28H28N8O4/c1-28(34-26(37)23-4-2-3-9-30-23)7-11-35(12-8-28)24-6-5-19(16-32-24)22-14-21(40-13-10-31-27(38)39)18-36-25(22)20(15-29)17-33-36/h2-6,9,14,16-18,31H,7-8,10-13H2,1H3,(H,34,37)(H,38,39). The first-order chi connectivity index (χ1) is 19.3. The summed E-state index contributed by atoms with van der Waals surface area (Å²) in [6.45, 7) is 3.77. The SMILES string of the molecule is CC1(NC(=O)c2ccccn2)CCN(c2ccc(-c3cc(OCCNC(=O)O)cn4ncc(C#N)c34)cn2)CC1. The van der Waals surface area contributed by atoms with Crippen molar-refractivity contribution >= 4 is 23.3 Å². The van der Waals surface area contributed by atoms with Crippen LogP contribution in [-0.2, 0) is 0 Å². The summed E-state index contributed by atoms with van der Waals surface area (Å²) in [5.41, 5.74) is 2.62. The van der Waals surface area contributed by atoms with Crippen LogP contribution in [0.1, 0.15) is 35.8 Å². The largest absolute Gasteiger partial charge is 0.490 e. The number of hydrogen-bond donors (Lipinski definition) is 3. The van der Waals surface area contributed by atoms with Crippen LogP contribution in [0.25, 0.3) is 16.6 Å². The van der Waals surface area contributed by atoms with Gasteiger partial charge in [0.2, 0.25) is 0 Å². The third-order valence-corrected chi connectivity index (χ3v) is 6.92. The zero-order chi connectivity index (χ0) is 28.1. The molecule has 0 bridgehead atoms. The van der Waals surface area contributed by atoms with E-state index in [1.54, 1.807) is 47.4 Å². The fraction of sp³-hybridized carbons (Fsp3) is 0.286. The van der Waals surface area contributed by atoms with E-state index in [0.717, 1.165) is 42.9 Å². The van der Waals surface area contributed by atoms with E-state index in [1.165, 1.54) is 6.20 Å². The van der Waals surface area contributed by atoms with Crippen LogP contribution in [-0.4, -0.2) is 68.5 Å². The third kappa shape index (κ3) is 5.78. The molecular weight excluding hydrogens is 512 g/mol. The normalized spacial score (nSPS) is 14.3. The second-order valence-electron chi connectivity index (χ2n) is 9.75. The summed E-state index contributed by atoms with van der Waals surface area (Å²) in [5.74, 6) is 1.12. The van der Waals surface area contributed by atoms with E-state index in [9.17, 15) is 14.9 Å². The molecule has 0 unspecified atom stereocenters. The lowest BCUT2D eigenvalue weighted by molar-refractivity contribution is 0.0886. The summed E-state index contributed by atoms with van der Waals surface area (Å²) in [6.07, 6.45) is 6.90. The molecule has 4 aromatic heterocycles. The zero-order valence-corrected chi connectivity index (χ0v) is 21.9. The van der Waals surface area contributed by atoms with Crippen LogP contribution in [0, 0.1) is 11.3 Å². The Bertz CT molecular complexity index is 1560. The number of carbonyl (C=O) groups excluding carboxylic acids is 1. The average Bonchev–Trinajstić information content (AvgIpc) is 3.39. The Hall–Kier alpha value is -5.18. The number of pyridine rings is 3. The number of nitrogens with one attached hydrogen (secondary N) is 2. The molecule has 0 atom stereocenters. The number of aromatic nitrogens is 4. The lowest BCUT2D eigenvalue weighted by Gasteiger charge is -2.40.